The van der Waals surface area contributed by atoms with E-state index in [0.717, 1.165) is 12.0 Å². The number of hydrogen-bond acceptors (Lipinski definition) is 7. The van der Waals surface area contributed by atoms with Gasteiger partial charge in [0.2, 0.25) is 5.91 Å². The molecule has 4 N–H and O–H groups in total. The monoisotopic (exact) mass is 404 g/mol. The van der Waals surface area contributed by atoms with E-state index in [4.69, 9.17) is 14.5 Å². The zero-order valence-corrected chi connectivity index (χ0v) is 16.2. The number of nitrogens with one attached hydrogen (secondary N) is 1. The van der Waals surface area contributed by atoms with Crippen LogP contribution in [0.5, 0.6) is 11.5 Å². The summed E-state index contributed by atoms with van der Waals surface area (Å²) in [4.78, 5) is 25.8. The normalized spacial score (nSPS) is 23.9. The molecule has 0 radical (unpaired) electrons. The molecule has 0 aromatic heterocycles. The molecule has 0 spiro atoms. The molecule has 29 heavy (non-hydrogen) atoms. The SMILES string of the molecule is C[C@@H](CN1CC(Oc2ccc3c(c2C(=O)O)OB(O)[C@@H]2C[C@H]32)C1)C(=O)NCCO. The minimum absolute atomic E-state index is 0.0397. The van der Waals surface area contributed by atoms with Gasteiger partial charge in [0.1, 0.15) is 23.2 Å². The molecule has 1 saturated heterocycles. The van der Waals surface area contributed by atoms with E-state index in [1.807, 2.05) is 13.0 Å². The van der Waals surface area contributed by atoms with Crippen LogP contribution in [0.4, 0.5) is 0 Å². The number of carbonyl (C=O) groups is 2. The van der Waals surface area contributed by atoms with E-state index in [-0.39, 0.29) is 59.9 Å². The van der Waals surface area contributed by atoms with E-state index < -0.39 is 13.1 Å². The summed E-state index contributed by atoms with van der Waals surface area (Å²) >= 11 is 0. The minimum atomic E-state index is -1.14. The number of carboxylic acids is 1. The van der Waals surface area contributed by atoms with Gasteiger partial charge in [-0.25, -0.2) is 4.79 Å². The van der Waals surface area contributed by atoms with Crippen LogP contribution in [0.15, 0.2) is 12.1 Å². The molecule has 10 heteroatoms. The highest BCUT2D eigenvalue weighted by atomic mass is 16.5. The molecule has 4 rings (SSSR count). The van der Waals surface area contributed by atoms with Crippen molar-refractivity contribution >= 4 is 19.0 Å². The smallest absolute Gasteiger partial charge is 0.526 e. The van der Waals surface area contributed by atoms with Gasteiger partial charge in [-0.1, -0.05) is 13.0 Å². The Labute approximate surface area is 168 Å². The molecule has 2 heterocycles. The van der Waals surface area contributed by atoms with Crippen LogP contribution in [0.3, 0.4) is 0 Å². The number of hydrogen-bond donors (Lipinski definition) is 4. The van der Waals surface area contributed by atoms with Crippen LogP contribution < -0.4 is 14.7 Å². The number of aliphatic hydroxyl groups excluding tert-OH is 1. The molecule has 156 valence electrons. The van der Waals surface area contributed by atoms with Gasteiger partial charge in [0.05, 0.1) is 6.61 Å². The Morgan fingerprint density at radius 2 is 2.17 bits per heavy atom. The first-order valence-corrected chi connectivity index (χ1v) is 9.91. The molecule has 1 aromatic carbocycles. The number of likely N-dealkylation sites (tertiary alicyclic amines) is 1. The number of ether oxygens (including phenoxy) is 1. The van der Waals surface area contributed by atoms with Crippen LogP contribution in [-0.4, -0.2) is 78.0 Å². The largest absolute Gasteiger partial charge is 0.535 e. The van der Waals surface area contributed by atoms with E-state index in [1.54, 1.807) is 6.07 Å². The average molecular weight is 404 g/mol. The first-order valence-electron chi connectivity index (χ1n) is 9.91. The molecule has 9 nitrogen and oxygen atoms in total. The van der Waals surface area contributed by atoms with Crippen LogP contribution in [-0.2, 0) is 4.79 Å². The number of aromatic carboxylic acids is 1. The van der Waals surface area contributed by atoms with Crippen molar-refractivity contribution < 1.29 is 34.2 Å². The van der Waals surface area contributed by atoms with E-state index in [1.165, 1.54) is 0 Å². The van der Waals surface area contributed by atoms with Gasteiger partial charge in [-0.2, -0.15) is 0 Å². The van der Waals surface area contributed by atoms with Gasteiger partial charge in [0, 0.05) is 37.9 Å². The summed E-state index contributed by atoms with van der Waals surface area (Å²) in [5.74, 6) is -0.824. The molecule has 1 aromatic rings. The quantitative estimate of drug-likeness (QED) is 0.443. The molecule has 2 aliphatic heterocycles. The maximum absolute atomic E-state index is 11.9. The fourth-order valence-electron chi connectivity index (χ4n) is 4.15. The maximum atomic E-state index is 11.9. The Hall–Kier alpha value is -2.30. The molecular formula is C19H25BN2O7. The zero-order valence-electron chi connectivity index (χ0n) is 16.2. The molecule has 1 aliphatic carbocycles. The summed E-state index contributed by atoms with van der Waals surface area (Å²) in [6.45, 7) is 3.70. The van der Waals surface area contributed by atoms with Crippen molar-refractivity contribution in [1.29, 1.82) is 0 Å². The number of rotatable bonds is 8. The van der Waals surface area contributed by atoms with E-state index in [0.29, 0.717) is 19.6 Å². The van der Waals surface area contributed by atoms with Crippen LogP contribution >= 0.6 is 0 Å². The van der Waals surface area contributed by atoms with E-state index in [2.05, 4.69) is 10.2 Å². The van der Waals surface area contributed by atoms with Crippen molar-refractivity contribution in [3.05, 3.63) is 23.3 Å². The molecule has 1 amide bonds. The number of benzene rings is 1. The molecule has 1 saturated carbocycles. The topological polar surface area (TPSA) is 129 Å². The van der Waals surface area contributed by atoms with Gasteiger partial charge in [-0.3, -0.25) is 9.69 Å². The second-order valence-electron chi connectivity index (χ2n) is 8.05. The van der Waals surface area contributed by atoms with Gasteiger partial charge < -0.3 is 29.9 Å². The van der Waals surface area contributed by atoms with Gasteiger partial charge in [0.15, 0.2) is 0 Å². The van der Waals surface area contributed by atoms with Crippen molar-refractivity contribution in [3.8, 4) is 11.5 Å². The highest BCUT2D eigenvalue weighted by molar-refractivity contribution is 6.48. The lowest BCUT2D eigenvalue weighted by Crippen LogP contribution is -2.56. The summed E-state index contributed by atoms with van der Waals surface area (Å²) in [5, 5.41) is 31.1. The maximum Gasteiger partial charge on any atom is 0.526 e. The van der Waals surface area contributed by atoms with Gasteiger partial charge in [-0.05, 0) is 24.0 Å². The predicted molar refractivity (Wildman–Crippen MR) is 103 cm³/mol. The summed E-state index contributed by atoms with van der Waals surface area (Å²) in [6.07, 6.45) is 0.621. The molecule has 3 atom stereocenters. The number of fused-ring (bicyclic) bond motifs is 3. The Bertz CT molecular complexity index is 814. The number of carbonyl (C=O) groups excluding carboxylic acids is 1. The van der Waals surface area contributed by atoms with E-state index in [9.17, 15) is 19.7 Å². The van der Waals surface area contributed by atoms with Crippen LogP contribution in [0, 0.1) is 5.92 Å². The lowest BCUT2D eigenvalue weighted by atomic mass is 9.77. The van der Waals surface area contributed by atoms with Crippen molar-refractivity contribution in [2.45, 2.75) is 31.2 Å². The fraction of sp³-hybridized carbons (Fsp3) is 0.579. The molecule has 0 unspecified atom stereocenters. The standard InChI is InChI=1S/C19H25BN2O7/c1-10(18(24)21-4-5-23)7-22-8-11(9-22)28-15-3-2-12-13-6-14(13)20(27)29-17(12)16(15)19(25)26/h2-3,10-11,13-14,23,27H,4-9H2,1H3,(H,21,24)(H,25,26)/t10-,13+,14+/m0/s1. The molecule has 3 aliphatic rings. The van der Waals surface area contributed by atoms with Crippen molar-refractivity contribution in [3.63, 3.8) is 0 Å². The van der Waals surface area contributed by atoms with Gasteiger partial charge in [-0.15, -0.1) is 0 Å². The fourth-order valence-corrected chi connectivity index (χ4v) is 4.15. The van der Waals surface area contributed by atoms with Gasteiger partial charge >= 0.3 is 13.1 Å². The second-order valence-corrected chi connectivity index (χ2v) is 8.05. The van der Waals surface area contributed by atoms with Gasteiger partial charge in [0.25, 0.3) is 0 Å². The summed E-state index contributed by atoms with van der Waals surface area (Å²) < 4.78 is 11.4. The summed E-state index contributed by atoms with van der Waals surface area (Å²) in [5.41, 5.74) is 0.783. The highest BCUT2D eigenvalue weighted by Gasteiger charge is 2.54. The lowest BCUT2D eigenvalue weighted by Gasteiger charge is -2.40. The minimum Gasteiger partial charge on any atom is -0.535 e. The Morgan fingerprint density at radius 3 is 2.86 bits per heavy atom. The zero-order chi connectivity index (χ0) is 20.7. The Balaban J connectivity index is 1.37. The number of nitrogens with zero attached hydrogens (tertiary/aromatic N) is 1. The second kappa shape index (κ2) is 7.85. The highest BCUT2D eigenvalue weighted by Crippen LogP contribution is 2.60. The number of carboxylic acid groups (broad SMARTS) is 1. The van der Waals surface area contributed by atoms with Crippen LogP contribution in [0.25, 0.3) is 0 Å². The Kier molecular flexibility index (Phi) is 5.41. The Morgan fingerprint density at radius 1 is 1.41 bits per heavy atom. The first-order chi connectivity index (χ1) is 13.9. The van der Waals surface area contributed by atoms with Crippen LogP contribution in [0.2, 0.25) is 5.82 Å². The third kappa shape index (κ3) is 3.92. The molecular weight excluding hydrogens is 379 g/mol. The molecule has 0 bridgehead atoms. The predicted octanol–water partition coefficient (Wildman–Crippen LogP) is -0.0772. The van der Waals surface area contributed by atoms with Crippen molar-refractivity contribution in [2.24, 2.45) is 5.92 Å². The summed E-state index contributed by atoms with van der Waals surface area (Å²) in [6, 6.07) is 3.50. The number of amides is 1. The van der Waals surface area contributed by atoms with Crippen LogP contribution in [0.1, 0.15) is 35.2 Å². The average Bonchev–Trinajstić information content (AvgIpc) is 3.45. The van der Waals surface area contributed by atoms with Crippen molar-refractivity contribution in [1.82, 2.24) is 10.2 Å². The first kappa shape index (κ1) is 20.0. The van der Waals surface area contributed by atoms with E-state index >= 15 is 0 Å². The lowest BCUT2D eigenvalue weighted by molar-refractivity contribution is -0.126. The number of aliphatic hydroxyl groups is 1. The van der Waals surface area contributed by atoms with Crippen molar-refractivity contribution in [2.75, 3.05) is 32.8 Å². The third-order valence-electron chi connectivity index (χ3n) is 5.82. The molecule has 2 fully saturated rings. The third-order valence-corrected chi connectivity index (χ3v) is 5.82. The summed E-state index contributed by atoms with van der Waals surface area (Å²) in [7, 11) is -0.974.